The lowest BCUT2D eigenvalue weighted by Crippen LogP contribution is -1.97. The summed E-state index contributed by atoms with van der Waals surface area (Å²) in [5, 5.41) is 0. The number of unbranched alkanes of at least 4 members (excludes halogenated alkanes) is 26. The van der Waals surface area contributed by atoms with E-state index in [0.717, 1.165) is 25.7 Å². The fourth-order valence-corrected chi connectivity index (χ4v) is 5.62. The molecule has 0 bridgehead atoms. The van der Waals surface area contributed by atoms with Crippen LogP contribution in [-0.2, 0) is 14.3 Å². The Morgan fingerprint density at radius 1 is 0.385 bits per heavy atom. The van der Waals surface area contributed by atoms with Crippen LogP contribution in [0.25, 0.3) is 0 Å². The molecule has 0 aromatic rings. The molecule has 0 saturated carbocycles. The van der Waals surface area contributed by atoms with Crippen molar-refractivity contribution in [2.75, 3.05) is 0 Å². The molecular formula is C36H64O3. The molecule has 3 heteroatoms. The molecular weight excluding hydrogens is 480 g/mol. The summed E-state index contributed by atoms with van der Waals surface area (Å²) in [6.45, 7) is 4.55. The van der Waals surface area contributed by atoms with Crippen molar-refractivity contribution in [2.24, 2.45) is 0 Å². The highest BCUT2D eigenvalue weighted by atomic mass is 16.6. The Balaban J connectivity index is 2.05. The van der Waals surface area contributed by atoms with Crippen LogP contribution < -0.4 is 0 Å². The minimum Gasteiger partial charge on any atom is -0.386 e. The summed E-state index contributed by atoms with van der Waals surface area (Å²) in [7, 11) is 0. The van der Waals surface area contributed by atoms with E-state index in [-0.39, 0.29) is 0 Å². The van der Waals surface area contributed by atoms with Gasteiger partial charge in [0.15, 0.2) is 0 Å². The van der Waals surface area contributed by atoms with Crippen LogP contribution in [0.1, 0.15) is 194 Å². The molecule has 0 N–H and O–H groups in total. The van der Waals surface area contributed by atoms with E-state index in [1.807, 2.05) is 12.2 Å². The second-order valence-corrected chi connectivity index (χ2v) is 12.0. The van der Waals surface area contributed by atoms with E-state index >= 15 is 0 Å². The molecule has 1 aliphatic rings. The number of carbonyl (C=O) groups is 2. The van der Waals surface area contributed by atoms with E-state index in [0.29, 0.717) is 11.1 Å². The average molecular weight is 545 g/mol. The molecule has 1 rings (SSSR count). The van der Waals surface area contributed by atoms with Crippen LogP contribution >= 0.6 is 0 Å². The standard InChI is InChI=1S/C36H64O3/c1-3-5-7-9-11-13-15-17-19-21-23-25-27-29-31-33-34(36(38)39-35(33)37)32-30-28-26-24-22-20-18-16-14-12-10-8-6-4-2/h31-32H,3-30H2,1-2H3. The Morgan fingerprint density at radius 3 is 0.872 bits per heavy atom. The highest BCUT2D eigenvalue weighted by molar-refractivity contribution is 6.18. The van der Waals surface area contributed by atoms with E-state index in [1.165, 1.54) is 154 Å². The first-order valence-electron chi connectivity index (χ1n) is 17.4. The fourth-order valence-electron chi connectivity index (χ4n) is 5.62. The van der Waals surface area contributed by atoms with Gasteiger partial charge in [-0.05, 0) is 25.7 Å². The maximum atomic E-state index is 12.2. The van der Waals surface area contributed by atoms with Gasteiger partial charge in [-0.1, -0.05) is 180 Å². The third-order valence-electron chi connectivity index (χ3n) is 8.23. The van der Waals surface area contributed by atoms with E-state index in [2.05, 4.69) is 13.8 Å². The van der Waals surface area contributed by atoms with Crippen molar-refractivity contribution in [1.82, 2.24) is 0 Å². The largest absolute Gasteiger partial charge is 0.386 e. The fraction of sp³-hybridized carbons (Fsp3) is 0.833. The van der Waals surface area contributed by atoms with Gasteiger partial charge in [-0.2, -0.15) is 0 Å². The minimum absolute atomic E-state index is 0.452. The first kappa shape index (κ1) is 35.6. The topological polar surface area (TPSA) is 43.4 Å². The smallest absolute Gasteiger partial charge is 0.346 e. The van der Waals surface area contributed by atoms with Crippen molar-refractivity contribution in [1.29, 1.82) is 0 Å². The van der Waals surface area contributed by atoms with Crippen molar-refractivity contribution in [2.45, 2.75) is 194 Å². The molecule has 1 fully saturated rings. The molecule has 0 radical (unpaired) electrons. The van der Waals surface area contributed by atoms with Gasteiger partial charge in [0, 0.05) is 0 Å². The van der Waals surface area contributed by atoms with E-state index in [1.54, 1.807) is 0 Å². The Morgan fingerprint density at radius 2 is 0.615 bits per heavy atom. The summed E-state index contributed by atoms with van der Waals surface area (Å²) < 4.78 is 4.91. The maximum absolute atomic E-state index is 12.2. The number of rotatable bonds is 28. The molecule has 1 heterocycles. The molecule has 0 aromatic heterocycles. The van der Waals surface area contributed by atoms with E-state index in [4.69, 9.17) is 4.74 Å². The highest BCUT2D eigenvalue weighted by Gasteiger charge is 2.32. The second kappa shape index (κ2) is 26.8. The molecule has 226 valence electrons. The number of esters is 2. The van der Waals surface area contributed by atoms with Gasteiger partial charge in [0.1, 0.15) is 0 Å². The van der Waals surface area contributed by atoms with Crippen molar-refractivity contribution in [3.8, 4) is 0 Å². The quantitative estimate of drug-likeness (QED) is 0.0426. The maximum Gasteiger partial charge on any atom is 0.346 e. The highest BCUT2D eigenvalue weighted by Crippen LogP contribution is 2.25. The van der Waals surface area contributed by atoms with Crippen molar-refractivity contribution in [3.63, 3.8) is 0 Å². The number of hydrogen-bond acceptors (Lipinski definition) is 3. The Labute approximate surface area is 243 Å². The van der Waals surface area contributed by atoms with Gasteiger partial charge >= 0.3 is 11.9 Å². The average Bonchev–Trinajstić information content (AvgIpc) is 3.20. The van der Waals surface area contributed by atoms with Crippen molar-refractivity contribution < 1.29 is 14.3 Å². The molecule has 0 amide bonds. The Hall–Kier alpha value is -1.38. The SMILES string of the molecule is CCCCCCCCCCCCCCCC=C1C(=O)OC(=O)C1=CCCCCCCCCCCCCCCC. The molecule has 1 saturated heterocycles. The minimum atomic E-state index is -0.452. The number of hydrogen-bond donors (Lipinski definition) is 0. The van der Waals surface area contributed by atoms with Gasteiger partial charge < -0.3 is 4.74 Å². The summed E-state index contributed by atoms with van der Waals surface area (Å²) in [6.07, 6.45) is 40.3. The lowest BCUT2D eigenvalue weighted by molar-refractivity contribution is -0.149. The molecule has 3 nitrogen and oxygen atoms in total. The molecule has 0 aliphatic carbocycles. The predicted octanol–water partition coefficient (Wildman–Crippen LogP) is 11.9. The first-order valence-corrected chi connectivity index (χ1v) is 17.4. The molecule has 39 heavy (non-hydrogen) atoms. The predicted molar refractivity (Wildman–Crippen MR) is 168 cm³/mol. The molecule has 0 unspecified atom stereocenters. The number of allylic oxidation sites excluding steroid dienone is 2. The lowest BCUT2D eigenvalue weighted by Gasteiger charge is -2.03. The molecule has 1 aliphatic heterocycles. The Bertz CT molecular complexity index is 604. The summed E-state index contributed by atoms with van der Waals surface area (Å²) in [6, 6.07) is 0. The number of carbonyl (C=O) groups excluding carboxylic acids is 2. The van der Waals surface area contributed by atoms with Crippen LogP contribution in [0.3, 0.4) is 0 Å². The van der Waals surface area contributed by atoms with Gasteiger partial charge in [-0.25, -0.2) is 9.59 Å². The summed E-state index contributed by atoms with van der Waals surface area (Å²) in [5.41, 5.74) is 1.02. The second-order valence-electron chi connectivity index (χ2n) is 12.0. The van der Waals surface area contributed by atoms with Gasteiger partial charge in [0.2, 0.25) is 0 Å². The monoisotopic (exact) mass is 544 g/mol. The molecule has 0 aromatic carbocycles. The van der Waals surface area contributed by atoms with Crippen LogP contribution in [0.15, 0.2) is 23.3 Å². The van der Waals surface area contributed by atoms with Crippen LogP contribution in [-0.4, -0.2) is 11.9 Å². The van der Waals surface area contributed by atoms with E-state index in [9.17, 15) is 9.59 Å². The molecule has 0 atom stereocenters. The number of ether oxygens (including phenoxy) is 1. The first-order chi connectivity index (χ1) is 19.2. The van der Waals surface area contributed by atoms with Crippen LogP contribution in [0.5, 0.6) is 0 Å². The zero-order valence-electron chi connectivity index (χ0n) is 26.2. The van der Waals surface area contributed by atoms with Crippen LogP contribution in [0.4, 0.5) is 0 Å². The normalized spacial score (nSPS) is 15.6. The Kier molecular flexibility index (Phi) is 24.5. The van der Waals surface area contributed by atoms with Crippen molar-refractivity contribution in [3.05, 3.63) is 23.3 Å². The third kappa shape index (κ3) is 20.2. The summed E-state index contributed by atoms with van der Waals surface area (Å²) in [4.78, 5) is 24.3. The number of cyclic esters (lactones) is 2. The van der Waals surface area contributed by atoms with Crippen LogP contribution in [0.2, 0.25) is 0 Å². The van der Waals surface area contributed by atoms with Gasteiger partial charge in [0.25, 0.3) is 0 Å². The van der Waals surface area contributed by atoms with Crippen molar-refractivity contribution >= 4 is 11.9 Å². The summed E-state index contributed by atoms with van der Waals surface area (Å²) >= 11 is 0. The summed E-state index contributed by atoms with van der Waals surface area (Å²) in [5.74, 6) is -0.905. The van der Waals surface area contributed by atoms with Crippen LogP contribution in [0, 0.1) is 0 Å². The van der Waals surface area contributed by atoms with Gasteiger partial charge in [0.05, 0.1) is 11.1 Å². The zero-order valence-corrected chi connectivity index (χ0v) is 26.2. The lowest BCUT2D eigenvalue weighted by atomic mass is 10.0. The third-order valence-corrected chi connectivity index (χ3v) is 8.23. The van der Waals surface area contributed by atoms with Gasteiger partial charge in [-0.3, -0.25) is 0 Å². The van der Waals surface area contributed by atoms with Gasteiger partial charge in [-0.15, -0.1) is 0 Å². The van der Waals surface area contributed by atoms with E-state index < -0.39 is 11.9 Å². The zero-order chi connectivity index (χ0) is 28.2. The molecule has 0 spiro atoms.